The molecule has 10 aromatic rings. The molecular formula is C63H60N4OPt-2. The van der Waals surface area contributed by atoms with Gasteiger partial charge >= 0.3 is 0 Å². The summed E-state index contributed by atoms with van der Waals surface area (Å²) >= 11 is 0. The van der Waals surface area contributed by atoms with Gasteiger partial charge in [0.15, 0.2) is 0 Å². The monoisotopic (exact) mass is 1090 g/mol. The molecule has 0 aliphatic heterocycles. The van der Waals surface area contributed by atoms with Crippen LogP contribution in [-0.2, 0) is 40.3 Å². The molecule has 0 bridgehead atoms. The van der Waals surface area contributed by atoms with E-state index in [1.165, 1.54) is 11.1 Å². The van der Waals surface area contributed by atoms with Crippen molar-refractivity contribution < 1.29 is 40.0 Å². The standard InChI is InChI=1S/C63H60N4O.Pt/c1-61(2,3)39-43-31-32-64-59(36-43)67-55-26-14-13-23-53(55)54-30-29-50(38-58(54)67)68-49-22-17-21-48(37-49)65-42-66(57-28-16-15-27-56(57)65)60-51(46-19-11-10-12-20-46)24-18-25-52(60)47-34-44(40-62(4,5)6)33-45(35-47)41-63(7,8)9;/h10-36H,39-41H2,1-9H3;/q-2;/i10D,11D,12D,19D,20D,39D2;. The molecule has 5 nitrogen and oxygen atoms in total. The van der Waals surface area contributed by atoms with Crippen LogP contribution in [0, 0.1) is 34.7 Å². The van der Waals surface area contributed by atoms with Gasteiger partial charge in [-0.05, 0) is 104 Å². The van der Waals surface area contributed by atoms with Gasteiger partial charge in [-0.1, -0.05) is 177 Å². The molecule has 0 spiro atoms. The second kappa shape index (κ2) is 18.7. The van der Waals surface area contributed by atoms with Gasteiger partial charge in [-0.2, -0.15) is 18.2 Å². The number of para-hydroxylation sites is 4. The van der Waals surface area contributed by atoms with Crippen LogP contribution in [0.25, 0.3) is 72.3 Å². The van der Waals surface area contributed by atoms with E-state index in [0.717, 1.165) is 56.8 Å². The maximum atomic E-state index is 9.23. The first-order valence-electron chi connectivity index (χ1n) is 26.8. The van der Waals surface area contributed by atoms with E-state index < -0.39 is 29.9 Å². The van der Waals surface area contributed by atoms with E-state index in [0.29, 0.717) is 39.8 Å². The Morgan fingerprint density at radius 1 is 0.609 bits per heavy atom. The van der Waals surface area contributed by atoms with E-state index in [4.69, 9.17) is 16.6 Å². The van der Waals surface area contributed by atoms with Gasteiger partial charge in [0.2, 0.25) is 0 Å². The predicted molar refractivity (Wildman–Crippen MR) is 280 cm³/mol. The maximum Gasteiger partial charge on any atom is 0.268 e. The third-order valence-electron chi connectivity index (χ3n) is 11.7. The second-order valence-corrected chi connectivity index (χ2v) is 21.2. The zero-order valence-corrected chi connectivity index (χ0v) is 42.9. The Hall–Kier alpha value is -6.55. The fourth-order valence-corrected chi connectivity index (χ4v) is 9.32. The van der Waals surface area contributed by atoms with Gasteiger partial charge in [-0.15, -0.1) is 29.7 Å². The van der Waals surface area contributed by atoms with Crippen LogP contribution in [0.1, 0.15) is 88.6 Å². The molecule has 0 radical (unpaired) electrons. The van der Waals surface area contributed by atoms with Gasteiger partial charge < -0.3 is 13.9 Å². The number of hydrogen-bond donors (Lipinski definition) is 0. The molecule has 10 rings (SSSR count). The molecule has 0 N–H and O–H groups in total. The van der Waals surface area contributed by atoms with Gasteiger partial charge in [-0.25, -0.2) is 4.98 Å². The van der Waals surface area contributed by atoms with Crippen molar-refractivity contribution in [2.45, 2.75) is 81.5 Å². The Labute approximate surface area is 432 Å². The molecule has 69 heavy (non-hydrogen) atoms. The number of imidazole rings is 1. The molecule has 0 aliphatic carbocycles. The van der Waals surface area contributed by atoms with Gasteiger partial charge in [-0.3, -0.25) is 4.57 Å². The normalized spacial score (nSPS) is 13.8. The fourth-order valence-electron chi connectivity index (χ4n) is 9.32. The van der Waals surface area contributed by atoms with Crippen molar-refractivity contribution in [2.75, 3.05) is 0 Å². The van der Waals surface area contributed by atoms with Crippen molar-refractivity contribution in [3.8, 4) is 50.9 Å². The van der Waals surface area contributed by atoms with E-state index in [2.05, 4.69) is 84.3 Å². The van der Waals surface area contributed by atoms with E-state index >= 15 is 0 Å². The molecule has 350 valence electrons. The first kappa shape index (κ1) is 39.3. The fraction of sp³-hybridized carbons (Fsp3) is 0.238. The average Bonchev–Trinajstić information content (AvgIpc) is 3.93. The predicted octanol–water partition coefficient (Wildman–Crippen LogP) is 15.7. The summed E-state index contributed by atoms with van der Waals surface area (Å²) in [6, 6.07) is 46.8. The Bertz CT molecular complexity index is 3810. The molecule has 0 amide bonds. The molecule has 0 fully saturated rings. The second-order valence-electron chi connectivity index (χ2n) is 21.2. The van der Waals surface area contributed by atoms with Crippen LogP contribution in [0.4, 0.5) is 0 Å². The minimum absolute atomic E-state index is 0. The molecule has 0 unspecified atom stereocenters. The number of fused-ring (bicyclic) bond motifs is 4. The summed E-state index contributed by atoms with van der Waals surface area (Å²) in [4.78, 5) is 4.76. The van der Waals surface area contributed by atoms with Gasteiger partial charge in [0.25, 0.3) is 6.33 Å². The van der Waals surface area contributed by atoms with E-state index in [1.54, 1.807) is 12.3 Å². The van der Waals surface area contributed by atoms with Gasteiger partial charge in [0.05, 0.1) is 23.6 Å². The maximum absolute atomic E-state index is 9.23. The molecule has 7 aromatic carbocycles. The summed E-state index contributed by atoms with van der Waals surface area (Å²) in [6.45, 7) is 19.1. The summed E-state index contributed by atoms with van der Waals surface area (Å²) < 4.78 is 75.0. The molecule has 0 atom stereocenters. The topological polar surface area (TPSA) is 35.9 Å². The Balaban J connectivity index is 0.00000706. The third kappa shape index (κ3) is 10.3. The minimum Gasteiger partial charge on any atom is -0.510 e. The largest absolute Gasteiger partial charge is 0.510 e. The summed E-state index contributed by atoms with van der Waals surface area (Å²) in [5, 5.41) is 1.94. The van der Waals surface area contributed by atoms with Crippen LogP contribution in [0.5, 0.6) is 11.5 Å². The summed E-state index contributed by atoms with van der Waals surface area (Å²) in [5.41, 5.74) is 8.97. The van der Waals surface area contributed by atoms with Crippen LogP contribution in [0.3, 0.4) is 0 Å². The average molecular weight is 1090 g/mol. The minimum atomic E-state index is -1.63. The molecule has 0 aliphatic rings. The number of hydrogen-bond acceptors (Lipinski definition) is 2. The van der Waals surface area contributed by atoms with Gasteiger partial charge in [0.1, 0.15) is 5.82 Å². The molecule has 3 heterocycles. The van der Waals surface area contributed by atoms with Crippen LogP contribution < -0.4 is 9.30 Å². The zero-order chi connectivity index (χ0) is 53.5. The number of rotatable bonds is 10. The van der Waals surface area contributed by atoms with Crippen LogP contribution >= 0.6 is 0 Å². The zero-order valence-electron chi connectivity index (χ0n) is 47.6. The number of ether oxygens (including phenoxy) is 1. The van der Waals surface area contributed by atoms with Crippen molar-refractivity contribution in [2.24, 2.45) is 16.2 Å². The number of aromatic nitrogens is 4. The van der Waals surface area contributed by atoms with E-state index in [1.807, 2.05) is 132 Å². The van der Waals surface area contributed by atoms with Crippen molar-refractivity contribution >= 4 is 32.8 Å². The van der Waals surface area contributed by atoms with Crippen molar-refractivity contribution in [1.29, 1.82) is 0 Å². The molecule has 6 heteroatoms. The van der Waals surface area contributed by atoms with Crippen molar-refractivity contribution in [1.82, 2.24) is 14.1 Å². The quantitative estimate of drug-likeness (QED) is 0.101. The van der Waals surface area contributed by atoms with E-state index in [-0.39, 0.29) is 49.5 Å². The molecular weight excluding hydrogens is 1020 g/mol. The Morgan fingerprint density at radius 2 is 1.26 bits per heavy atom. The first-order valence-corrected chi connectivity index (χ1v) is 23.3. The SMILES string of the molecule is [2H]c1c([2H])c([2H])c(-c2cccc(-c3cc(CC(C)(C)C)cc(CC(C)(C)C)c3)c2-[n+]2[c-]n(-c3[c-]c(Oc4[c-]c5c(cc4)c4ccccc4n5-c4cc(C([2H])([2H])C(C)(C)C)ccn4)ccc3)c3ccccc32)c([2H])c1[2H].[Pt]. The Morgan fingerprint density at radius 3 is 1.97 bits per heavy atom. The van der Waals surface area contributed by atoms with Crippen molar-refractivity contribution in [3.05, 3.63) is 199 Å². The van der Waals surface area contributed by atoms with Crippen LogP contribution in [0.2, 0.25) is 0 Å². The molecule has 0 saturated carbocycles. The van der Waals surface area contributed by atoms with Crippen molar-refractivity contribution in [3.63, 3.8) is 0 Å². The third-order valence-corrected chi connectivity index (χ3v) is 11.7. The van der Waals surface area contributed by atoms with Crippen LogP contribution in [0.15, 0.2) is 164 Å². The number of pyridine rings is 1. The smallest absolute Gasteiger partial charge is 0.268 e. The number of nitrogens with zero attached hydrogens (tertiary/aromatic N) is 4. The summed E-state index contributed by atoms with van der Waals surface area (Å²) in [5.74, 6) is 1.43. The molecule has 0 saturated heterocycles. The number of benzene rings is 7. The molecule has 3 aromatic heterocycles. The van der Waals surface area contributed by atoms with Crippen LogP contribution in [-0.4, -0.2) is 14.1 Å². The van der Waals surface area contributed by atoms with Gasteiger partial charge in [0, 0.05) is 47.0 Å². The Kier molecular flexibility index (Phi) is 10.7. The first-order chi connectivity index (χ1) is 35.4. The summed E-state index contributed by atoms with van der Waals surface area (Å²) in [7, 11) is 0. The van der Waals surface area contributed by atoms with E-state index in [9.17, 15) is 2.74 Å². The summed E-state index contributed by atoms with van der Waals surface area (Å²) in [6.07, 6.45) is 5.35.